The van der Waals surface area contributed by atoms with Crippen molar-refractivity contribution >= 4 is 17.5 Å². The number of aromatic nitrogens is 2. The van der Waals surface area contributed by atoms with Gasteiger partial charge in [-0.2, -0.15) is 18.3 Å². The number of rotatable bonds is 4. The van der Waals surface area contributed by atoms with Crippen LogP contribution in [0.25, 0.3) is 0 Å². The number of aryl methyl sites for hydroxylation is 1. The van der Waals surface area contributed by atoms with Crippen molar-refractivity contribution in [1.29, 1.82) is 0 Å². The largest absolute Gasteiger partial charge is 0.435 e. The van der Waals surface area contributed by atoms with Crippen LogP contribution in [0.2, 0.25) is 5.02 Å². The molecule has 0 bridgehead atoms. The Labute approximate surface area is 129 Å². The number of hydrogen-bond donors (Lipinski definition) is 1. The number of carbonyl (C=O) groups is 1. The zero-order valence-electron chi connectivity index (χ0n) is 11.6. The van der Waals surface area contributed by atoms with Crippen LogP contribution in [0.4, 0.5) is 13.2 Å². The van der Waals surface area contributed by atoms with Crippen molar-refractivity contribution in [2.45, 2.75) is 12.6 Å². The summed E-state index contributed by atoms with van der Waals surface area (Å²) in [6, 6.07) is 7.00. The second kappa shape index (κ2) is 6.39. The van der Waals surface area contributed by atoms with E-state index in [1.54, 1.807) is 24.3 Å². The van der Waals surface area contributed by atoms with Gasteiger partial charge in [-0.15, -0.1) is 0 Å². The first kappa shape index (κ1) is 16.4. The Kier molecular flexibility index (Phi) is 4.75. The molecule has 8 heteroatoms. The molecule has 0 saturated carbocycles. The van der Waals surface area contributed by atoms with Gasteiger partial charge < -0.3 is 5.32 Å². The van der Waals surface area contributed by atoms with E-state index in [1.807, 2.05) is 0 Å². The molecule has 118 valence electrons. The fourth-order valence-corrected chi connectivity index (χ4v) is 2.06. The second-order valence-corrected chi connectivity index (χ2v) is 5.13. The van der Waals surface area contributed by atoms with E-state index in [9.17, 15) is 18.0 Å². The number of benzene rings is 1. The van der Waals surface area contributed by atoms with E-state index in [2.05, 4.69) is 10.4 Å². The molecule has 2 rings (SSSR count). The van der Waals surface area contributed by atoms with Gasteiger partial charge in [0.05, 0.1) is 5.56 Å². The lowest BCUT2D eigenvalue weighted by atomic mass is 10.1. The van der Waals surface area contributed by atoms with Gasteiger partial charge in [0.25, 0.3) is 5.91 Å². The first-order valence-electron chi connectivity index (χ1n) is 6.41. The van der Waals surface area contributed by atoms with E-state index >= 15 is 0 Å². The van der Waals surface area contributed by atoms with Crippen molar-refractivity contribution in [2.24, 2.45) is 7.05 Å². The number of alkyl halides is 3. The van der Waals surface area contributed by atoms with Gasteiger partial charge in [-0.1, -0.05) is 23.7 Å². The molecule has 0 unspecified atom stereocenters. The summed E-state index contributed by atoms with van der Waals surface area (Å²) in [6.07, 6.45) is -3.12. The first-order valence-corrected chi connectivity index (χ1v) is 6.78. The normalized spacial score (nSPS) is 11.5. The van der Waals surface area contributed by atoms with Gasteiger partial charge >= 0.3 is 6.18 Å². The van der Waals surface area contributed by atoms with Crippen LogP contribution >= 0.6 is 11.6 Å². The molecule has 1 N–H and O–H groups in total. The summed E-state index contributed by atoms with van der Waals surface area (Å²) in [5, 5.41) is 6.35. The van der Waals surface area contributed by atoms with Gasteiger partial charge in [-0.05, 0) is 24.1 Å². The van der Waals surface area contributed by atoms with Crippen molar-refractivity contribution in [3.63, 3.8) is 0 Å². The Bertz CT molecular complexity index is 665. The number of nitrogens with zero attached hydrogens (tertiary/aromatic N) is 2. The van der Waals surface area contributed by atoms with Crippen LogP contribution in [-0.2, 0) is 19.6 Å². The lowest BCUT2D eigenvalue weighted by molar-refractivity contribution is -0.141. The van der Waals surface area contributed by atoms with Crippen LogP contribution < -0.4 is 5.32 Å². The maximum atomic E-state index is 12.8. The molecule has 0 aliphatic heterocycles. The molecular formula is C14H13ClF3N3O. The quantitative estimate of drug-likeness (QED) is 0.936. The summed E-state index contributed by atoms with van der Waals surface area (Å²) >= 11 is 5.75. The molecule has 22 heavy (non-hydrogen) atoms. The SMILES string of the molecule is Cn1cc(C(=O)NCCc2ccc(Cl)cc2)c(C(F)(F)F)n1. The first-order chi connectivity index (χ1) is 10.3. The van der Waals surface area contributed by atoms with Gasteiger partial charge in [-0.3, -0.25) is 9.48 Å². The summed E-state index contributed by atoms with van der Waals surface area (Å²) in [5.74, 6) is -0.797. The minimum atomic E-state index is -4.66. The van der Waals surface area contributed by atoms with E-state index in [1.165, 1.54) is 7.05 Å². The summed E-state index contributed by atoms with van der Waals surface area (Å²) in [6.45, 7) is 0.215. The lowest BCUT2D eigenvalue weighted by Gasteiger charge is -2.07. The maximum Gasteiger partial charge on any atom is 0.435 e. The van der Waals surface area contributed by atoms with Crippen molar-refractivity contribution in [2.75, 3.05) is 6.54 Å². The molecular weight excluding hydrogens is 319 g/mol. The summed E-state index contributed by atoms with van der Waals surface area (Å²) in [5.41, 5.74) is -0.739. The number of carbonyl (C=O) groups excluding carboxylic acids is 1. The second-order valence-electron chi connectivity index (χ2n) is 4.70. The Morgan fingerprint density at radius 1 is 1.32 bits per heavy atom. The molecule has 4 nitrogen and oxygen atoms in total. The van der Waals surface area contributed by atoms with Crippen LogP contribution in [0.5, 0.6) is 0 Å². The average Bonchev–Trinajstić information content (AvgIpc) is 2.83. The monoisotopic (exact) mass is 331 g/mol. The minimum Gasteiger partial charge on any atom is -0.352 e. The predicted octanol–water partition coefficient (Wildman–Crippen LogP) is 3.06. The predicted molar refractivity (Wildman–Crippen MR) is 75.7 cm³/mol. The molecule has 0 atom stereocenters. The highest BCUT2D eigenvalue weighted by Gasteiger charge is 2.38. The highest BCUT2D eigenvalue weighted by molar-refractivity contribution is 6.30. The number of hydrogen-bond acceptors (Lipinski definition) is 2. The van der Waals surface area contributed by atoms with Crippen LogP contribution in [0.15, 0.2) is 30.5 Å². The van der Waals surface area contributed by atoms with Crippen LogP contribution in [-0.4, -0.2) is 22.2 Å². The fourth-order valence-electron chi connectivity index (χ4n) is 1.93. The molecule has 1 aromatic carbocycles. The highest BCUT2D eigenvalue weighted by atomic mass is 35.5. The molecule has 0 fully saturated rings. The Morgan fingerprint density at radius 2 is 1.95 bits per heavy atom. The topological polar surface area (TPSA) is 46.9 Å². The molecule has 1 amide bonds. The highest BCUT2D eigenvalue weighted by Crippen LogP contribution is 2.30. The zero-order chi connectivity index (χ0) is 16.3. The van der Waals surface area contributed by atoms with Crippen LogP contribution in [0.3, 0.4) is 0 Å². The van der Waals surface area contributed by atoms with Crippen LogP contribution in [0.1, 0.15) is 21.6 Å². The summed E-state index contributed by atoms with van der Waals surface area (Å²) < 4.78 is 39.3. The number of nitrogens with one attached hydrogen (secondary N) is 1. The van der Waals surface area contributed by atoms with Crippen molar-refractivity contribution in [3.8, 4) is 0 Å². The van der Waals surface area contributed by atoms with E-state index in [0.29, 0.717) is 11.4 Å². The number of halogens is 4. The Balaban J connectivity index is 1.99. The molecule has 0 saturated heterocycles. The van der Waals surface area contributed by atoms with Gasteiger partial charge in [0.1, 0.15) is 0 Å². The Hall–Kier alpha value is -2.02. The van der Waals surface area contributed by atoms with Gasteiger partial charge in [0.2, 0.25) is 0 Å². The minimum absolute atomic E-state index is 0.215. The van der Waals surface area contributed by atoms with Crippen LogP contribution in [0, 0.1) is 0 Å². The standard InChI is InChI=1S/C14H13ClF3N3O/c1-21-8-11(12(20-21)14(16,17)18)13(22)19-7-6-9-2-4-10(15)5-3-9/h2-5,8H,6-7H2,1H3,(H,19,22). The average molecular weight is 332 g/mol. The van der Waals surface area contributed by atoms with Crippen molar-refractivity contribution in [1.82, 2.24) is 15.1 Å². The van der Waals surface area contributed by atoms with Gasteiger partial charge in [-0.25, -0.2) is 0 Å². The molecule has 1 aromatic heterocycles. The molecule has 0 radical (unpaired) electrons. The molecule has 0 aliphatic carbocycles. The van der Waals surface area contributed by atoms with E-state index in [0.717, 1.165) is 16.4 Å². The number of amides is 1. The third-order valence-corrected chi connectivity index (χ3v) is 3.21. The molecule has 2 aromatic rings. The van der Waals surface area contributed by atoms with E-state index < -0.39 is 23.3 Å². The third kappa shape index (κ3) is 4.00. The van der Waals surface area contributed by atoms with E-state index in [-0.39, 0.29) is 6.54 Å². The van der Waals surface area contributed by atoms with Gasteiger partial charge in [0.15, 0.2) is 5.69 Å². The van der Waals surface area contributed by atoms with E-state index in [4.69, 9.17) is 11.6 Å². The third-order valence-electron chi connectivity index (χ3n) is 2.95. The molecule has 0 spiro atoms. The molecule has 1 heterocycles. The van der Waals surface area contributed by atoms with Gasteiger partial charge in [0, 0.05) is 24.8 Å². The maximum absolute atomic E-state index is 12.8. The fraction of sp³-hybridized carbons (Fsp3) is 0.286. The zero-order valence-corrected chi connectivity index (χ0v) is 12.4. The van der Waals surface area contributed by atoms with Crippen molar-refractivity contribution in [3.05, 3.63) is 52.3 Å². The van der Waals surface area contributed by atoms with Crippen molar-refractivity contribution < 1.29 is 18.0 Å². The Morgan fingerprint density at radius 3 is 2.55 bits per heavy atom. The summed E-state index contributed by atoms with van der Waals surface area (Å²) in [4.78, 5) is 11.9. The summed E-state index contributed by atoms with van der Waals surface area (Å²) in [7, 11) is 1.33. The lowest BCUT2D eigenvalue weighted by Crippen LogP contribution is -2.27. The molecule has 0 aliphatic rings. The smallest absolute Gasteiger partial charge is 0.352 e.